The van der Waals surface area contributed by atoms with E-state index in [4.69, 9.17) is 19.4 Å². The number of hydrogen-bond donors (Lipinski definition) is 1. The highest BCUT2D eigenvalue weighted by Crippen LogP contribution is 2.44. The van der Waals surface area contributed by atoms with Crippen LogP contribution >= 0.6 is 0 Å². The highest BCUT2D eigenvalue weighted by molar-refractivity contribution is 6.10. The quantitative estimate of drug-likeness (QED) is 0.197. The summed E-state index contributed by atoms with van der Waals surface area (Å²) in [4.78, 5) is 15.2. The van der Waals surface area contributed by atoms with Gasteiger partial charge in [0.25, 0.3) is 0 Å². The van der Waals surface area contributed by atoms with Crippen LogP contribution in [0, 0.1) is 0 Å². The average molecular weight is 629 g/mol. The van der Waals surface area contributed by atoms with Crippen LogP contribution in [0.25, 0.3) is 83.0 Å². The number of furan rings is 1. The second kappa shape index (κ2) is 11.0. The largest absolute Gasteiger partial charge is 0.454 e. The molecule has 0 saturated carbocycles. The van der Waals surface area contributed by atoms with Crippen LogP contribution in [-0.4, -0.2) is 21.5 Å². The molecule has 230 valence electrons. The molecular weight excluding hydrogens is 601 g/mol. The standard InChI is InChI=1S/C44H28N4O/c1-2-11-29(12-3-1)42-46-43(33-20-17-27-9-4-5-13-30(27)25-33)48-44(47-42)37-15-8-16-38-39(37)40-41(49-38)36(23-24-45-40)32-21-22-35-31(26-32)19-18-28-10-6-7-14-34(28)35/h1-23,25-26,45H,24H2. The predicted octanol–water partition coefficient (Wildman–Crippen LogP) is 10.9. The zero-order valence-corrected chi connectivity index (χ0v) is 26.4. The molecule has 0 unspecified atom stereocenters. The van der Waals surface area contributed by atoms with Gasteiger partial charge in [0.15, 0.2) is 23.2 Å². The third-order valence-corrected chi connectivity index (χ3v) is 9.52. The van der Waals surface area contributed by atoms with E-state index >= 15 is 0 Å². The van der Waals surface area contributed by atoms with Crippen molar-refractivity contribution in [3.05, 3.63) is 163 Å². The normalized spacial score (nSPS) is 12.7. The number of rotatable bonds is 4. The summed E-state index contributed by atoms with van der Waals surface area (Å²) in [5.41, 5.74) is 6.69. The van der Waals surface area contributed by atoms with Crippen molar-refractivity contribution in [1.29, 1.82) is 0 Å². The van der Waals surface area contributed by atoms with Gasteiger partial charge in [0.2, 0.25) is 0 Å². The Bertz CT molecular complexity index is 2780. The number of anilines is 1. The lowest BCUT2D eigenvalue weighted by molar-refractivity contribution is 0.600. The molecule has 0 fully saturated rings. The number of nitrogens with zero attached hydrogens (tertiary/aromatic N) is 3. The minimum absolute atomic E-state index is 0.599. The van der Waals surface area contributed by atoms with Crippen molar-refractivity contribution in [3.8, 4) is 34.2 Å². The maximum absolute atomic E-state index is 6.68. The highest BCUT2D eigenvalue weighted by atomic mass is 16.3. The van der Waals surface area contributed by atoms with Crippen molar-refractivity contribution in [2.45, 2.75) is 0 Å². The summed E-state index contributed by atoms with van der Waals surface area (Å²) in [5.74, 6) is 2.67. The molecule has 5 heteroatoms. The first kappa shape index (κ1) is 27.5. The molecule has 3 heterocycles. The Labute approximate surface area is 282 Å². The molecule has 0 amide bonds. The van der Waals surface area contributed by atoms with Crippen LogP contribution in [0.15, 0.2) is 156 Å². The maximum Gasteiger partial charge on any atom is 0.164 e. The zero-order valence-electron chi connectivity index (χ0n) is 26.4. The molecular formula is C44H28N4O. The molecule has 10 rings (SSSR count). The lowest BCUT2D eigenvalue weighted by Crippen LogP contribution is -2.07. The molecule has 0 spiro atoms. The van der Waals surface area contributed by atoms with Gasteiger partial charge in [-0.15, -0.1) is 0 Å². The molecule has 9 aromatic rings. The molecule has 49 heavy (non-hydrogen) atoms. The van der Waals surface area contributed by atoms with Crippen molar-refractivity contribution < 1.29 is 4.42 Å². The number of nitrogens with one attached hydrogen (secondary N) is 1. The fraction of sp³-hybridized carbons (Fsp3) is 0.0227. The third-order valence-electron chi connectivity index (χ3n) is 9.52. The molecule has 1 aliphatic heterocycles. The summed E-state index contributed by atoms with van der Waals surface area (Å²) in [6, 6.07) is 50.5. The number of hydrogen-bond acceptors (Lipinski definition) is 5. The summed E-state index contributed by atoms with van der Waals surface area (Å²) in [6.07, 6.45) is 2.21. The van der Waals surface area contributed by atoms with Crippen LogP contribution in [0.5, 0.6) is 0 Å². The molecule has 0 aliphatic carbocycles. The number of fused-ring (bicyclic) bond motifs is 7. The summed E-state index contributed by atoms with van der Waals surface area (Å²) >= 11 is 0. The number of benzene rings is 7. The van der Waals surface area contributed by atoms with Gasteiger partial charge in [0.1, 0.15) is 5.58 Å². The number of aromatic nitrogens is 3. The van der Waals surface area contributed by atoms with Gasteiger partial charge in [0.05, 0.1) is 11.1 Å². The van der Waals surface area contributed by atoms with Crippen LogP contribution < -0.4 is 5.32 Å². The van der Waals surface area contributed by atoms with Crippen molar-refractivity contribution in [3.63, 3.8) is 0 Å². The molecule has 0 radical (unpaired) electrons. The van der Waals surface area contributed by atoms with Crippen molar-refractivity contribution in [2.24, 2.45) is 0 Å². The fourth-order valence-electron chi connectivity index (χ4n) is 7.14. The smallest absolute Gasteiger partial charge is 0.164 e. The molecule has 0 saturated heterocycles. The van der Waals surface area contributed by atoms with Crippen LogP contribution in [0.1, 0.15) is 11.3 Å². The minimum Gasteiger partial charge on any atom is -0.454 e. The van der Waals surface area contributed by atoms with Gasteiger partial charge in [0, 0.05) is 28.8 Å². The molecule has 0 bridgehead atoms. The summed E-state index contributed by atoms with van der Waals surface area (Å²) in [7, 11) is 0. The SMILES string of the molecule is C1=C(c2ccc3c(ccc4ccccc43)c2)c2oc3cccc(-c4nc(-c5ccccc5)nc(-c5ccc6ccccc6c5)n4)c3c2NC1. The fourth-order valence-corrected chi connectivity index (χ4v) is 7.14. The molecule has 1 aliphatic rings. The summed E-state index contributed by atoms with van der Waals surface area (Å²) in [6.45, 7) is 0.676. The van der Waals surface area contributed by atoms with E-state index in [1.165, 1.54) is 26.9 Å². The van der Waals surface area contributed by atoms with Gasteiger partial charge in [-0.3, -0.25) is 0 Å². The van der Waals surface area contributed by atoms with Gasteiger partial charge in [-0.1, -0.05) is 133 Å². The molecule has 5 nitrogen and oxygen atoms in total. The Morgan fingerprint density at radius 1 is 0.490 bits per heavy atom. The Balaban J connectivity index is 1.14. The van der Waals surface area contributed by atoms with Gasteiger partial charge in [-0.05, 0) is 56.1 Å². The van der Waals surface area contributed by atoms with Gasteiger partial charge < -0.3 is 9.73 Å². The van der Waals surface area contributed by atoms with Crippen molar-refractivity contribution in [2.75, 3.05) is 11.9 Å². The highest BCUT2D eigenvalue weighted by Gasteiger charge is 2.25. The first-order valence-electron chi connectivity index (χ1n) is 16.5. The van der Waals surface area contributed by atoms with E-state index in [1.807, 2.05) is 42.5 Å². The van der Waals surface area contributed by atoms with E-state index in [0.717, 1.165) is 55.6 Å². The van der Waals surface area contributed by atoms with Crippen LogP contribution in [0.2, 0.25) is 0 Å². The lowest BCUT2D eigenvalue weighted by atomic mass is 9.94. The monoisotopic (exact) mass is 628 g/mol. The summed E-state index contributed by atoms with van der Waals surface area (Å²) in [5, 5.41) is 11.9. The van der Waals surface area contributed by atoms with Gasteiger partial charge in [-0.2, -0.15) is 0 Å². The van der Waals surface area contributed by atoms with Crippen LogP contribution in [0.3, 0.4) is 0 Å². The second-order valence-corrected chi connectivity index (χ2v) is 12.4. The van der Waals surface area contributed by atoms with E-state index in [2.05, 4.69) is 115 Å². The first-order valence-corrected chi connectivity index (χ1v) is 16.5. The van der Waals surface area contributed by atoms with E-state index in [0.29, 0.717) is 24.0 Å². The molecule has 0 atom stereocenters. The van der Waals surface area contributed by atoms with Gasteiger partial charge in [-0.25, -0.2) is 15.0 Å². The molecule has 1 N–H and O–H groups in total. The minimum atomic E-state index is 0.599. The van der Waals surface area contributed by atoms with E-state index in [9.17, 15) is 0 Å². The molecule has 2 aromatic heterocycles. The van der Waals surface area contributed by atoms with E-state index in [1.54, 1.807) is 0 Å². The zero-order chi connectivity index (χ0) is 32.3. The summed E-state index contributed by atoms with van der Waals surface area (Å²) < 4.78 is 6.68. The Morgan fingerprint density at radius 3 is 2.06 bits per heavy atom. The predicted molar refractivity (Wildman–Crippen MR) is 200 cm³/mol. The van der Waals surface area contributed by atoms with Crippen LogP contribution in [0.4, 0.5) is 5.69 Å². The second-order valence-electron chi connectivity index (χ2n) is 12.4. The third kappa shape index (κ3) is 4.59. The first-order chi connectivity index (χ1) is 24.3. The van der Waals surface area contributed by atoms with Crippen molar-refractivity contribution in [1.82, 2.24) is 15.0 Å². The topological polar surface area (TPSA) is 63.8 Å². The molecule has 7 aromatic carbocycles. The van der Waals surface area contributed by atoms with E-state index in [-0.39, 0.29) is 0 Å². The average Bonchev–Trinajstić information content (AvgIpc) is 3.57. The lowest BCUT2D eigenvalue weighted by Gasteiger charge is -2.16. The maximum atomic E-state index is 6.68. The van der Waals surface area contributed by atoms with Crippen molar-refractivity contribution >= 4 is 54.5 Å². The Kier molecular flexibility index (Phi) is 6.18. The van der Waals surface area contributed by atoms with E-state index < -0.39 is 0 Å². The Morgan fingerprint density at radius 2 is 1.16 bits per heavy atom. The Hall–Kier alpha value is -6.59. The van der Waals surface area contributed by atoms with Gasteiger partial charge >= 0.3 is 0 Å². The van der Waals surface area contributed by atoms with Crippen LogP contribution in [-0.2, 0) is 0 Å².